The molecule has 0 amide bonds. The fourth-order valence-electron chi connectivity index (χ4n) is 3.78. The Balaban J connectivity index is 0.000000196. The molecule has 1 N–H and O–H groups in total. The lowest BCUT2D eigenvalue weighted by molar-refractivity contribution is -0.545. The molecule has 4 rings (SSSR count). The number of hydrogen-bond acceptors (Lipinski definition) is 7. The van der Waals surface area contributed by atoms with Gasteiger partial charge in [-0.05, 0) is 42.5 Å². The predicted molar refractivity (Wildman–Crippen MR) is 111 cm³/mol. The van der Waals surface area contributed by atoms with Crippen LogP contribution in [0.4, 0.5) is 17.6 Å². The maximum Gasteiger partial charge on any atom is 0.257 e. The van der Waals surface area contributed by atoms with Gasteiger partial charge in [-0.1, -0.05) is 0 Å². The normalized spacial score (nSPS) is 25.7. The zero-order valence-corrected chi connectivity index (χ0v) is 17.9. The van der Waals surface area contributed by atoms with Crippen molar-refractivity contribution >= 4 is 0 Å². The fraction of sp³-hybridized carbons (Fsp3) is 0.364. The number of benzene rings is 2. The number of ether oxygens (including phenoxy) is 2. The van der Waals surface area contributed by atoms with E-state index in [1.54, 1.807) is 0 Å². The minimum Gasteiger partial charge on any atom is -0.486 e. The molecule has 0 aliphatic carbocycles. The molecule has 0 saturated carbocycles. The topological polar surface area (TPSA) is 125 Å². The lowest BCUT2D eigenvalue weighted by Gasteiger charge is -2.29. The maximum atomic E-state index is 13.6. The second-order valence-corrected chi connectivity index (χ2v) is 7.84. The Morgan fingerprint density at radius 1 is 0.857 bits per heavy atom. The molecule has 188 valence electrons. The summed E-state index contributed by atoms with van der Waals surface area (Å²) < 4.78 is 63.3. The molecule has 13 heteroatoms. The molecular formula is C22H20F4N2O7. The standard InChI is InChI=1S/C11H11F2NO4.C11H9F2NO3/c12-6-1-2-9(13)8(3-6)11-10(14(16)17)4-7(15)5-18-11;12-7-3-4-9(13)8(6-7)11-10(14(15)16)2-1-5-17-11/h1-3,7,10-11,15H,4-5H2;1,3-6,10-11H,2H2/t7?,10-,11+;10-,11+/m00/s1. The molecule has 1 unspecified atom stereocenters. The maximum absolute atomic E-state index is 13.6. The number of hydrogen-bond donors (Lipinski definition) is 1. The van der Waals surface area contributed by atoms with E-state index in [1.165, 1.54) is 12.3 Å². The zero-order chi connectivity index (χ0) is 25.7. The molecule has 2 aliphatic heterocycles. The molecule has 2 aromatic rings. The van der Waals surface area contributed by atoms with Crippen LogP contribution >= 0.6 is 0 Å². The predicted octanol–water partition coefficient (Wildman–Crippen LogP) is 4.02. The molecule has 2 heterocycles. The van der Waals surface area contributed by atoms with Crippen LogP contribution in [-0.2, 0) is 9.47 Å². The van der Waals surface area contributed by atoms with E-state index in [1.807, 2.05) is 0 Å². The first-order chi connectivity index (χ1) is 16.6. The summed E-state index contributed by atoms with van der Waals surface area (Å²) in [5, 5.41) is 31.0. The quantitative estimate of drug-likeness (QED) is 0.382. The monoisotopic (exact) mass is 500 g/mol. The summed E-state index contributed by atoms with van der Waals surface area (Å²) in [4.78, 5) is 20.5. The smallest absolute Gasteiger partial charge is 0.257 e. The fourth-order valence-corrected chi connectivity index (χ4v) is 3.78. The van der Waals surface area contributed by atoms with Gasteiger partial charge in [0.1, 0.15) is 23.3 Å². The molecule has 1 saturated heterocycles. The summed E-state index contributed by atoms with van der Waals surface area (Å²) in [7, 11) is 0. The number of aliphatic hydroxyl groups excluding tert-OH is 1. The second-order valence-electron chi connectivity index (χ2n) is 7.84. The first-order valence-corrected chi connectivity index (χ1v) is 10.4. The highest BCUT2D eigenvalue weighted by atomic mass is 19.1. The average molecular weight is 500 g/mol. The van der Waals surface area contributed by atoms with Crippen LogP contribution in [0, 0.1) is 43.5 Å². The minimum atomic E-state index is -1.29. The molecule has 35 heavy (non-hydrogen) atoms. The molecule has 0 aromatic heterocycles. The summed E-state index contributed by atoms with van der Waals surface area (Å²) >= 11 is 0. The first-order valence-electron chi connectivity index (χ1n) is 10.4. The van der Waals surface area contributed by atoms with E-state index in [2.05, 4.69) is 0 Å². The van der Waals surface area contributed by atoms with Gasteiger partial charge >= 0.3 is 0 Å². The molecule has 2 aliphatic rings. The van der Waals surface area contributed by atoms with Crippen molar-refractivity contribution in [1.29, 1.82) is 0 Å². The number of halogens is 4. The third kappa shape index (κ3) is 6.31. The molecule has 9 nitrogen and oxygen atoms in total. The highest BCUT2D eigenvalue weighted by Gasteiger charge is 2.41. The van der Waals surface area contributed by atoms with Crippen molar-refractivity contribution in [1.82, 2.24) is 0 Å². The summed E-state index contributed by atoms with van der Waals surface area (Å²) in [6.45, 7) is -0.134. The van der Waals surface area contributed by atoms with Crippen molar-refractivity contribution in [3.05, 3.63) is 103 Å². The van der Waals surface area contributed by atoms with Crippen molar-refractivity contribution in [3.8, 4) is 0 Å². The van der Waals surface area contributed by atoms with Gasteiger partial charge in [-0.3, -0.25) is 20.2 Å². The molecule has 0 bridgehead atoms. The third-order valence-corrected chi connectivity index (χ3v) is 5.45. The van der Waals surface area contributed by atoms with Gasteiger partial charge in [0.2, 0.25) is 6.04 Å². The van der Waals surface area contributed by atoms with Crippen molar-refractivity contribution in [2.45, 2.75) is 43.2 Å². The highest BCUT2D eigenvalue weighted by Crippen LogP contribution is 2.33. The van der Waals surface area contributed by atoms with Gasteiger partial charge in [-0.2, -0.15) is 0 Å². The van der Waals surface area contributed by atoms with Crippen LogP contribution in [0.25, 0.3) is 0 Å². The van der Waals surface area contributed by atoms with E-state index in [-0.39, 0.29) is 30.6 Å². The Morgan fingerprint density at radius 3 is 1.94 bits per heavy atom. The first kappa shape index (κ1) is 26.0. The molecule has 1 fully saturated rings. The third-order valence-electron chi connectivity index (χ3n) is 5.45. The number of rotatable bonds is 4. The minimum absolute atomic E-state index is 0.129. The van der Waals surface area contributed by atoms with Crippen LogP contribution in [0.15, 0.2) is 48.7 Å². The SMILES string of the molecule is O=[N+]([O-])[C@H]1CC(O)CO[C@@H]1c1cc(F)ccc1F.O=[N+]([O-])[C@H]1CC=CO[C@@H]1c1cc(F)ccc1F. The number of nitro groups is 2. The van der Waals surface area contributed by atoms with E-state index in [9.17, 15) is 42.9 Å². The van der Waals surface area contributed by atoms with Crippen LogP contribution in [0.2, 0.25) is 0 Å². The highest BCUT2D eigenvalue weighted by molar-refractivity contribution is 5.24. The van der Waals surface area contributed by atoms with Crippen LogP contribution in [0.1, 0.15) is 36.2 Å². The zero-order valence-electron chi connectivity index (χ0n) is 17.9. The van der Waals surface area contributed by atoms with Crippen molar-refractivity contribution in [2.75, 3.05) is 6.61 Å². The van der Waals surface area contributed by atoms with Crippen LogP contribution in [0.5, 0.6) is 0 Å². The molecule has 2 aromatic carbocycles. The molecule has 0 radical (unpaired) electrons. The summed E-state index contributed by atoms with van der Waals surface area (Å²) in [6, 6.07) is 3.14. The largest absolute Gasteiger partial charge is 0.486 e. The molecule has 0 spiro atoms. The molecule has 5 atom stereocenters. The van der Waals surface area contributed by atoms with E-state index in [4.69, 9.17) is 9.47 Å². The number of nitrogens with zero attached hydrogens (tertiary/aromatic N) is 2. The van der Waals surface area contributed by atoms with E-state index in [0.29, 0.717) is 0 Å². The van der Waals surface area contributed by atoms with Gasteiger partial charge < -0.3 is 14.6 Å². The van der Waals surface area contributed by atoms with Crippen molar-refractivity contribution in [3.63, 3.8) is 0 Å². The molecular weight excluding hydrogens is 480 g/mol. The van der Waals surface area contributed by atoms with Gasteiger partial charge in [0.25, 0.3) is 6.04 Å². The Hall–Kier alpha value is -3.58. The van der Waals surface area contributed by atoms with Gasteiger partial charge in [-0.15, -0.1) is 0 Å². The van der Waals surface area contributed by atoms with Crippen molar-refractivity contribution in [2.24, 2.45) is 0 Å². The summed E-state index contributed by atoms with van der Waals surface area (Å²) in [5.74, 6) is -2.81. The summed E-state index contributed by atoms with van der Waals surface area (Å²) in [5.41, 5.74) is -0.320. The lowest BCUT2D eigenvalue weighted by atomic mass is 9.95. The lowest BCUT2D eigenvalue weighted by Crippen LogP contribution is -2.40. The van der Waals surface area contributed by atoms with Crippen LogP contribution in [0.3, 0.4) is 0 Å². The van der Waals surface area contributed by atoms with Crippen molar-refractivity contribution < 1.29 is 42.0 Å². The Bertz CT molecular complexity index is 1120. The van der Waals surface area contributed by atoms with Crippen LogP contribution < -0.4 is 0 Å². The van der Waals surface area contributed by atoms with Crippen LogP contribution in [-0.4, -0.2) is 39.7 Å². The van der Waals surface area contributed by atoms with Gasteiger partial charge in [0.15, 0.2) is 12.2 Å². The van der Waals surface area contributed by atoms with E-state index in [0.717, 1.165) is 36.4 Å². The van der Waals surface area contributed by atoms with E-state index < -0.39 is 63.5 Å². The average Bonchev–Trinajstić information content (AvgIpc) is 2.82. The second kappa shape index (κ2) is 11.2. The van der Waals surface area contributed by atoms with Gasteiger partial charge in [0.05, 0.1) is 19.0 Å². The van der Waals surface area contributed by atoms with Gasteiger partial charge in [-0.25, -0.2) is 17.6 Å². The Labute approximate surface area is 195 Å². The Morgan fingerprint density at radius 2 is 1.40 bits per heavy atom. The summed E-state index contributed by atoms with van der Waals surface area (Å²) in [6.07, 6.45) is -0.490. The Kier molecular flexibility index (Phi) is 8.35. The van der Waals surface area contributed by atoms with Gasteiger partial charge in [0, 0.05) is 33.8 Å². The van der Waals surface area contributed by atoms with E-state index >= 15 is 0 Å². The number of aliphatic hydroxyl groups is 1.